The topological polar surface area (TPSA) is 90.1 Å². The van der Waals surface area contributed by atoms with E-state index in [4.69, 9.17) is 15.5 Å². The van der Waals surface area contributed by atoms with Crippen molar-refractivity contribution in [2.75, 3.05) is 17.7 Å². The first-order valence-electron chi connectivity index (χ1n) is 9.47. The molecule has 0 aromatic carbocycles. The minimum absolute atomic E-state index is 0.320. The summed E-state index contributed by atoms with van der Waals surface area (Å²) >= 11 is 0. The van der Waals surface area contributed by atoms with E-state index in [-0.39, 0.29) is 11.9 Å². The van der Waals surface area contributed by atoms with E-state index in [0.717, 1.165) is 65.3 Å². The Morgan fingerprint density at radius 3 is 2.93 bits per heavy atom. The molecule has 6 heteroatoms. The van der Waals surface area contributed by atoms with Crippen LogP contribution < -0.4 is 11.1 Å². The lowest BCUT2D eigenvalue weighted by atomic mass is 9.79. The van der Waals surface area contributed by atoms with Crippen molar-refractivity contribution in [3.63, 3.8) is 0 Å². The van der Waals surface area contributed by atoms with Crippen molar-refractivity contribution in [3.8, 4) is 0 Å². The van der Waals surface area contributed by atoms with Gasteiger partial charge < -0.3 is 15.8 Å². The van der Waals surface area contributed by atoms with Gasteiger partial charge in [-0.3, -0.25) is 4.98 Å². The average molecular weight is 364 g/mol. The molecule has 0 radical (unpaired) electrons. The molecule has 2 aromatic heterocycles. The Morgan fingerprint density at radius 2 is 2.19 bits per heavy atom. The van der Waals surface area contributed by atoms with Crippen molar-refractivity contribution in [2.24, 2.45) is 0 Å². The minimum Gasteiger partial charge on any atom is -0.463 e. The summed E-state index contributed by atoms with van der Waals surface area (Å²) in [5.41, 5.74) is 12.7. The second-order valence-corrected chi connectivity index (χ2v) is 7.02. The van der Waals surface area contributed by atoms with E-state index in [1.165, 1.54) is 0 Å². The van der Waals surface area contributed by atoms with Crippen molar-refractivity contribution < 1.29 is 9.53 Å². The molecule has 2 aromatic rings. The molecule has 1 aliphatic heterocycles. The van der Waals surface area contributed by atoms with Gasteiger partial charge in [-0.05, 0) is 56.7 Å². The number of anilines is 2. The number of hydrogen-bond donors (Lipinski definition) is 2. The van der Waals surface area contributed by atoms with E-state index in [1.54, 1.807) is 12.4 Å². The maximum Gasteiger partial charge on any atom is 0.336 e. The summed E-state index contributed by atoms with van der Waals surface area (Å²) in [4.78, 5) is 21.9. The van der Waals surface area contributed by atoms with Gasteiger partial charge in [0.1, 0.15) is 5.82 Å². The number of aromatic nitrogens is 2. The van der Waals surface area contributed by atoms with Crippen LogP contribution >= 0.6 is 0 Å². The molecule has 0 unspecified atom stereocenters. The van der Waals surface area contributed by atoms with E-state index in [0.29, 0.717) is 12.2 Å². The third kappa shape index (κ3) is 2.95. The summed E-state index contributed by atoms with van der Waals surface area (Å²) in [5, 5.41) is 3.31. The lowest BCUT2D eigenvalue weighted by molar-refractivity contribution is -0.138. The van der Waals surface area contributed by atoms with Crippen LogP contribution in [0, 0.1) is 0 Å². The first-order chi connectivity index (χ1) is 13.1. The number of hydrogen-bond acceptors (Lipinski definition) is 6. The van der Waals surface area contributed by atoms with Crippen LogP contribution in [0.4, 0.5) is 11.5 Å². The predicted molar refractivity (Wildman–Crippen MR) is 104 cm³/mol. The highest BCUT2D eigenvalue weighted by atomic mass is 16.5. The number of nitrogens with zero attached hydrogens (tertiary/aromatic N) is 2. The zero-order valence-electron chi connectivity index (χ0n) is 15.7. The van der Waals surface area contributed by atoms with Gasteiger partial charge in [-0.1, -0.05) is 6.07 Å². The second-order valence-electron chi connectivity index (χ2n) is 7.02. The fourth-order valence-electron chi connectivity index (χ4n) is 4.14. The van der Waals surface area contributed by atoms with Crippen LogP contribution in [0.1, 0.15) is 55.0 Å². The molecule has 4 rings (SSSR count). The van der Waals surface area contributed by atoms with Crippen molar-refractivity contribution in [3.05, 3.63) is 58.2 Å². The zero-order chi connectivity index (χ0) is 19.0. The lowest BCUT2D eigenvalue weighted by Crippen LogP contribution is -2.27. The maximum atomic E-state index is 12.8. The van der Waals surface area contributed by atoms with Gasteiger partial charge in [-0.25, -0.2) is 9.78 Å². The number of allylic oxidation sites excluding steroid dienone is 1. The number of nitrogen functional groups attached to an aromatic ring is 1. The Labute approximate surface area is 158 Å². The SMILES string of the molecule is CCOC(=O)C1=C(C)Nc2nc3c(c(N)c2[C@@H]1c1cccnc1)CCCC3. The second kappa shape index (κ2) is 7.02. The normalized spacial score (nSPS) is 18.4. The lowest BCUT2D eigenvalue weighted by Gasteiger charge is -2.32. The van der Waals surface area contributed by atoms with Crippen LogP contribution in [0.25, 0.3) is 0 Å². The number of rotatable bonds is 3. The van der Waals surface area contributed by atoms with Crippen LogP contribution in [0.2, 0.25) is 0 Å². The third-order valence-corrected chi connectivity index (χ3v) is 5.36. The van der Waals surface area contributed by atoms with Gasteiger partial charge in [0.2, 0.25) is 0 Å². The van der Waals surface area contributed by atoms with Gasteiger partial charge in [0.15, 0.2) is 0 Å². The summed E-state index contributed by atoms with van der Waals surface area (Å²) in [7, 11) is 0. The molecule has 3 heterocycles. The number of ether oxygens (including phenoxy) is 1. The smallest absolute Gasteiger partial charge is 0.336 e. The van der Waals surface area contributed by atoms with E-state index >= 15 is 0 Å². The summed E-state index contributed by atoms with van der Waals surface area (Å²) in [6.45, 7) is 4.01. The molecule has 1 aliphatic carbocycles. The third-order valence-electron chi connectivity index (χ3n) is 5.36. The van der Waals surface area contributed by atoms with Crippen molar-refractivity contribution >= 4 is 17.5 Å². The maximum absolute atomic E-state index is 12.8. The zero-order valence-corrected chi connectivity index (χ0v) is 15.7. The van der Waals surface area contributed by atoms with Gasteiger partial charge in [-0.2, -0.15) is 0 Å². The summed E-state index contributed by atoms with van der Waals surface area (Å²) in [6, 6.07) is 3.84. The number of fused-ring (bicyclic) bond motifs is 2. The predicted octanol–water partition coefficient (Wildman–Crippen LogP) is 3.33. The molecule has 2 aliphatic rings. The summed E-state index contributed by atoms with van der Waals surface area (Å²) < 4.78 is 5.35. The molecule has 0 amide bonds. The quantitative estimate of drug-likeness (QED) is 0.812. The van der Waals surface area contributed by atoms with E-state index in [2.05, 4.69) is 10.3 Å². The number of nitrogens with two attached hydrogens (primary N) is 1. The first-order valence-corrected chi connectivity index (χ1v) is 9.47. The molecule has 0 fully saturated rings. The Balaban J connectivity index is 1.95. The molecule has 0 saturated carbocycles. The molecule has 3 N–H and O–H groups in total. The largest absolute Gasteiger partial charge is 0.463 e. The van der Waals surface area contributed by atoms with Gasteiger partial charge in [0.25, 0.3) is 0 Å². The van der Waals surface area contributed by atoms with Gasteiger partial charge in [-0.15, -0.1) is 0 Å². The Bertz CT molecular complexity index is 922. The minimum atomic E-state index is -0.339. The van der Waals surface area contributed by atoms with E-state index in [1.807, 2.05) is 26.0 Å². The van der Waals surface area contributed by atoms with Crippen LogP contribution in [0.15, 0.2) is 35.8 Å². The Hall–Kier alpha value is -2.89. The molecular weight excluding hydrogens is 340 g/mol. The Morgan fingerprint density at radius 1 is 1.37 bits per heavy atom. The fourth-order valence-corrected chi connectivity index (χ4v) is 4.14. The molecule has 1 atom stereocenters. The van der Waals surface area contributed by atoms with Crippen LogP contribution in [0.5, 0.6) is 0 Å². The molecule has 0 spiro atoms. The number of aryl methyl sites for hydroxylation is 1. The fraction of sp³-hybridized carbons (Fsp3) is 0.381. The molecule has 0 saturated heterocycles. The number of nitrogens with one attached hydrogen (secondary N) is 1. The van der Waals surface area contributed by atoms with E-state index in [9.17, 15) is 4.79 Å². The van der Waals surface area contributed by atoms with Crippen LogP contribution in [-0.2, 0) is 22.4 Å². The number of carbonyl (C=O) groups excluding carboxylic acids is 1. The van der Waals surface area contributed by atoms with Gasteiger partial charge in [0.05, 0.1) is 18.1 Å². The molecule has 6 nitrogen and oxygen atoms in total. The van der Waals surface area contributed by atoms with Gasteiger partial charge >= 0.3 is 5.97 Å². The highest BCUT2D eigenvalue weighted by Crippen LogP contribution is 2.46. The summed E-state index contributed by atoms with van der Waals surface area (Å²) in [5.74, 6) is 0.0698. The Kier molecular flexibility index (Phi) is 4.56. The first kappa shape index (κ1) is 17.5. The standard InChI is InChI=1S/C21H24N4O2/c1-3-27-21(26)16-12(2)24-20-18(17(16)13-7-6-10-23-11-13)19(22)14-8-4-5-9-15(14)25-20/h6-7,10-11,17H,3-5,8-9H2,1-2H3,(H3,22,24,25)/t17-/m1/s1. The van der Waals surface area contributed by atoms with Gasteiger partial charge in [0, 0.05) is 35.0 Å². The number of esters is 1. The molecule has 0 bridgehead atoms. The van der Waals surface area contributed by atoms with Crippen molar-refractivity contribution in [1.82, 2.24) is 9.97 Å². The average Bonchev–Trinajstić information content (AvgIpc) is 2.68. The highest BCUT2D eigenvalue weighted by Gasteiger charge is 2.37. The number of pyridine rings is 2. The highest BCUT2D eigenvalue weighted by molar-refractivity contribution is 5.95. The summed E-state index contributed by atoms with van der Waals surface area (Å²) in [6.07, 6.45) is 7.62. The van der Waals surface area contributed by atoms with Crippen molar-refractivity contribution in [1.29, 1.82) is 0 Å². The van der Waals surface area contributed by atoms with Crippen LogP contribution in [0.3, 0.4) is 0 Å². The molecule has 27 heavy (non-hydrogen) atoms. The number of carbonyl (C=O) groups is 1. The molecule has 140 valence electrons. The van der Waals surface area contributed by atoms with Crippen molar-refractivity contribution in [2.45, 2.75) is 45.4 Å². The van der Waals surface area contributed by atoms with Crippen LogP contribution in [-0.4, -0.2) is 22.5 Å². The van der Waals surface area contributed by atoms with E-state index < -0.39 is 0 Å². The molecular formula is C21H24N4O2. The monoisotopic (exact) mass is 364 g/mol.